The van der Waals surface area contributed by atoms with Crippen molar-refractivity contribution in [3.8, 4) is 11.5 Å². The SMILES string of the molecule is CC(C)c1cc(C(=O)N(C)Cc2ccc(CN[C@H](CC(C)(C)C3CCCC3)C(=O)O)cc2)c(O)cc1O. The molecule has 3 rings (SSSR count). The molecule has 2 aromatic carbocycles. The molecular weight excluding hydrogens is 468 g/mol. The largest absolute Gasteiger partial charge is 0.508 e. The molecule has 0 radical (unpaired) electrons. The number of rotatable bonds is 11. The predicted molar refractivity (Wildman–Crippen MR) is 145 cm³/mol. The molecule has 1 aliphatic carbocycles. The van der Waals surface area contributed by atoms with Crippen LogP contribution in [-0.2, 0) is 17.9 Å². The fourth-order valence-electron chi connectivity index (χ4n) is 5.43. The van der Waals surface area contributed by atoms with Gasteiger partial charge in [0.1, 0.15) is 17.5 Å². The van der Waals surface area contributed by atoms with E-state index in [1.165, 1.54) is 36.6 Å². The highest BCUT2D eigenvalue weighted by atomic mass is 16.4. The number of carboxylic acid groups (broad SMARTS) is 1. The first-order valence-electron chi connectivity index (χ1n) is 13.2. The molecule has 1 fully saturated rings. The Morgan fingerprint density at radius 1 is 1.03 bits per heavy atom. The van der Waals surface area contributed by atoms with Crippen LogP contribution in [0.15, 0.2) is 36.4 Å². The van der Waals surface area contributed by atoms with Crippen molar-refractivity contribution < 1.29 is 24.9 Å². The lowest BCUT2D eigenvalue weighted by atomic mass is 9.73. The second-order valence-electron chi connectivity index (χ2n) is 11.5. The Bertz CT molecular complexity index is 1090. The van der Waals surface area contributed by atoms with Crippen LogP contribution in [0.5, 0.6) is 11.5 Å². The summed E-state index contributed by atoms with van der Waals surface area (Å²) in [7, 11) is 1.67. The zero-order chi connectivity index (χ0) is 27.3. The van der Waals surface area contributed by atoms with Crippen molar-refractivity contribution in [2.45, 2.75) is 84.8 Å². The van der Waals surface area contributed by atoms with Crippen LogP contribution in [0.4, 0.5) is 0 Å². The summed E-state index contributed by atoms with van der Waals surface area (Å²) in [6.45, 7) is 9.00. The van der Waals surface area contributed by atoms with Crippen molar-refractivity contribution in [1.29, 1.82) is 0 Å². The van der Waals surface area contributed by atoms with Gasteiger partial charge < -0.3 is 25.5 Å². The molecule has 1 aliphatic rings. The lowest BCUT2D eigenvalue weighted by Crippen LogP contribution is -2.41. The van der Waals surface area contributed by atoms with E-state index in [0.717, 1.165) is 11.1 Å². The van der Waals surface area contributed by atoms with Crippen molar-refractivity contribution in [2.75, 3.05) is 7.05 Å². The first-order chi connectivity index (χ1) is 17.4. The molecular formula is C30H42N2O5. The van der Waals surface area contributed by atoms with E-state index < -0.39 is 12.0 Å². The molecule has 37 heavy (non-hydrogen) atoms. The monoisotopic (exact) mass is 510 g/mol. The zero-order valence-corrected chi connectivity index (χ0v) is 22.8. The Morgan fingerprint density at radius 2 is 1.62 bits per heavy atom. The highest BCUT2D eigenvalue weighted by Gasteiger charge is 2.35. The van der Waals surface area contributed by atoms with Crippen molar-refractivity contribution in [3.05, 3.63) is 58.7 Å². The molecule has 0 heterocycles. The van der Waals surface area contributed by atoms with E-state index in [4.69, 9.17) is 0 Å². The highest BCUT2D eigenvalue weighted by molar-refractivity contribution is 5.97. The van der Waals surface area contributed by atoms with Gasteiger partial charge in [-0.3, -0.25) is 9.59 Å². The fourth-order valence-corrected chi connectivity index (χ4v) is 5.43. The summed E-state index contributed by atoms with van der Waals surface area (Å²) in [4.78, 5) is 26.5. The van der Waals surface area contributed by atoms with Crippen LogP contribution in [0.25, 0.3) is 0 Å². The molecule has 202 valence electrons. The number of benzene rings is 2. The molecule has 7 heteroatoms. The van der Waals surface area contributed by atoms with E-state index in [9.17, 15) is 24.9 Å². The zero-order valence-electron chi connectivity index (χ0n) is 22.8. The number of nitrogens with one attached hydrogen (secondary N) is 1. The van der Waals surface area contributed by atoms with Crippen LogP contribution in [-0.4, -0.2) is 45.2 Å². The second-order valence-corrected chi connectivity index (χ2v) is 11.5. The molecule has 0 unspecified atom stereocenters. The number of carbonyl (C=O) groups is 2. The average Bonchev–Trinajstić information content (AvgIpc) is 3.38. The van der Waals surface area contributed by atoms with E-state index in [-0.39, 0.29) is 34.3 Å². The van der Waals surface area contributed by atoms with E-state index >= 15 is 0 Å². The number of carboxylic acids is 1. The summed E-state index contributed by atoms with van der Waals surface area (Å²) in [5, 5.41) is 33.3. The normalized spacial score (nSPS) is 15.2. The Morgan fingerprint density at radius 3 is 2.19 bits per heavy atom. The van der Waals surface area contributed by atoms with Gasteiger partial charge in [0.05, 0.1) is 5.56 Å². The van der Waals surface area contributed by atoms with Gasteiger partial charge >= 0.3 is 5.97 Å². The van der Waals surface area contributed by atoms with Crippen LogP contribution in [0.1, 0.15) is 92.8 Å². The number of nitrogens with zero attached hydrogens (tertiary/aromatic N) is 1. The number of amides is 1. The van der Waals surface area contributed by atoms with E-state index in [2.05, 4.69) is 19.2 Å². The van der Waals surface area contributed by atoms with Crippen molar-refractivity contribution in [3.63, 3.8) is 0 Å². The fraction of sp³-hybridized carbons (Fsp3) is 0.533. The van der Waals surface area contributed by atoms with Gasteiger partial charge in [-0.05, 0) is 59.3 Å². The standard InChI is InChI=1S/C30H42N2O5/c1-19(2)23-14-24(27(34)15-26(23)33)28(35)32(5)18-21-12-10-20(11-13-21)17-31-25(29(36)37)16-30(3,4)22-8-6-7-9-22/h10-15,19,22,25,31,33-34H,6-9,16-18H2,1-5H3,(H,36,37)/t25-/m1/s1. The maximum atomic E-state index is 13.0. The topological polar surface area (TPSA) is 110 Å². The van der Waals surface area contributed by atoms with Crippen molar-refractivity contribution >= 4 is 11.9 Å². The van der Waals surface area contributed by atoms with Crippen LogP contribution >= 0.6 is 0 Å². The van der Waals surface area contributed by atoms with Crippen LogP contribution < -0.4 is 5.32 Å². The third-order valence-corrected chi connectivity index (χ3v) is 7.83. The molecule has 1 saturated carbocycles. The second kappa shape index (κ2) is 12.0. The van der Waals surface area contributed by atoms with Gasteiger partial charge in [0, 0.05) is 26.2 Å². The minimum Gasteiger partial charge on any atom is -0.508 e. The number of phenolic OH excluding ortho intramolecular Hbond substituents is 2. The molecule has 0 spiro atoms. The van der Waals surface area contributed by atoms with Gasteiger partial charge in [0.15, 0.2) is 0 Å². The Hall–Kier alpha value is -3.06. The number of hydrogen-bond acceptors (Lipinski definition) is 5. The minimum atomic E-state index is -0.819. The molecule has 0 aromatic heterocycles. The summed E-state index contributed by atoms with van der Waals surface area (Å²) in [6, 6.07) is 9.90. The number of aliphatic carboxylic acids is 1. The summed E-state index contributed by atoms with van der Waals surface area (Å²) in [5.41, 5.74) is 2.64. The van der Waals surface area contributed by atoms with Crippen LogP contribution in [0.2, 0.25) is 0 Å². The minimum absolute atomic E-state index is 0.00751. The number of phenols is 2. The molecule has 2 aromatic rings. The van der Waals surface area contributed by atoms with Gasteiger partial charge in [0.2, 0.25) is 0 Å². The molecule has 1 atom stereocenters. The van der Waals surface area contributed by atoms with Gasteiger partial charge in [0.25, 0.3) is 5.91 Å². The van der Waals surface area contributed by atoms with E-state index in [1.807, 2.05) is 38.1 Å². The maximum absolute atomic E-state index is 13.0. The predicted octanol–water partition coefficient (Wildman–Crippen LogP) is 5.64. The highest BCUT2D eigenvalue weighted by Crippen LogP contribution is 2.42. The number of aromatic hydroxyl groups is 2. The summed E-state index contributed by atoms with van der Waals surface area (Å²) in [5.74, 6) is -0.837. The molecule has 0 aliphatic heterocycles. The molecule has 1 amide bonds. The molecule has 0 bridgehead atoms. The lowest BCUT2D eigenvalue weighted by Gasteiger charge is -2.34. The first kappa shape index (κ1) is 28.5. The van der Waals surface area contributed by atoms with Gasteiger partial charge in [-0.15, -0.1) is 0 Å². The smallest absolute Gasteiger partial charge is 0.320 e. The lowest BCUT2D eigenvalue weighted by molar-refractivity contribution is -0.140. The average molecular weight is 511 g/mol. The van der Waals surface area contributed by atoms with E-state index in [1.54, 1.807) is 13.1 Å². The van der Waals surface area contributed by atoms with Crippen LogP contribution in [0.3, 0.4) is 0 Å². The molecule has 4 N–H and O–H groups in total. The van der Waals surface area contributed by atoms with Gasteiger partial charge in [-0.1, -0.05) is 64.8 Å². The van der Waals surface area contributed by atoms with Gasteiger partial charge in [-0.2, -0.15) is 0 Å². The Labute approximate surface area is 220 Å². The number of hydrogen-bond donors (Lipinski definition) is 4. The molecule has 0 saturated heterocycles. The van der Waals surface area contributed by atoms with Crippen LogP contribution in [0, 0.1) is 11.3 Å². The first-order valence-corrected chi connectivity index (χ1v) is 13.2. The molecule has 7 nitrogen and oxygen atoms in total. The van der Waals surface area contributed by atoms with E-state index in [0.29, 0.717) is 31.0 Å². The Balaban J connectivity index is 1.60. The van der Waals surface area contributed by atoms with Crippen molar-refractivity contribution in [1.82, 2.24) is 10.2 Å². The van der Waals surface area contributed by atoms with Gasteiger partial charge in [-0.25, -0.2) is 0 Å². The third-order valence-electron chi connectivity index (χ3n) is 7.83. The Kier molecular flexibility index (Phi) is 9.24. The number of carbonyl (C=O) groups excluding carboxylic acids is 1. The quantitative estimate of drug-likeness (QED) is 0.311. The maximum Gasteiger partial charge on any atom is 0.320 e. The summed E-state index contributed by atoms with van der Waals surface area (Å²) >= 11 is 0. The summed E-state index contributed by atoms with van der Waals surface area (Å²) in [6.07, 6.45) is 5.44. The summed E-state index contributed by atoms with van der Waals surface area (Å²) < 4.78 is 0. The van der Waals surface area contributed by atoms with Crippen molar-refractivity contribution in [2.24, 2.45) is 11.3 Å². The third kappa shape index (κ3) is 7.25.